The van der Waals surface area contributed by atoms with Crippen molar-refractivity contribution in [3.05, 3.63) is 60.2 Å². The fraction of sp³-hybridized carbons (Fsp3) is 0.263. The molecule has 0 amide bonds. The summed E-state index contributed by atoms with van der Waals surface area (Å²) in [6.07, 6.45) is 2.27. The summed E-state index contributed by atoms with van der Waals surface area (Å²) < 4.78 is 0.787. The van der Waals surface area contributed by atoms with Gasteiger partial charge in [0, 0.05) is 0 Å². The predicted molar refractivity (Wildman–Crippen MR) is 97.6 cm³/mol. The molecule has 118 valence electrons. The van der Waals surface area contributed by atoms with E-state index in [-0.39, 0.29) is 0 Å². The molecule has 0 bridgehead atoms. The Morgan fingerprint density at radius 3 is 2.26 bits per heavy atom. The Hall–Kier alpha value is -2.64. The molecule has 0 N–H and O–H groups in total. The average Bonchev–Trinajstić information content (AvgIpc) is 2.55. The van der Waals surface area contributed by atoms with Crippen molar-refractivity contribution in [1.82, 2.24) is 4.48 Å². The summed E-state index contributed by atoms with van der Waals surface area (Å²) in [6, 6.07) is 20.4. The minimum atomic E-state index is 0.437. The number of hydrogen-bond donors (Lipinski definition) is 0. The first-order valence-corrected chi connectivity index (χ1v) is 7.66. The predicted octanol–water partition coefficient (Wildman–Crippen LogP) is 3.64. The van der Waals surface area contributed by atoms with Gasteiger partial charge in [0.25, 0.3) is 0 Å². The normalized spacial score (nSPS) is 11.4. The number of benzene rings is 2. The number of quaternary nitrogens is 1. The highest BCUT2D eigenvalue weighted by Crippen LogP contribution is 2.17. The molecule has 0 radical (unpaired) electrons. The summed E-state index contributed by atoms with van der Waals surface area (Å²) in [5, 5.41) is 15.2. The minimum absolute atomic E-state index is 0.437. The zero-order valence-electron chi connectivity index (χ0n) is 14.0. The molecule has 23 heavy (non-hydrogen) atoms. The molecule has 2 rings (SSSR count). The number of rotatable bonds is 6. The van der Waals surface area contributed by atoms with E-state index in [0.29, 0.717) is 13.0 Å². The van der Waals surface area contributed by atoms with Crippen LogP contribution in [0.1, 0.15) is 12.0 Å². The molecule has 0 spiro atoms. The molecule has 0 atom stereocenters. The zero-order chi connectivity index (χ0) is 16.7. The molecule has 2 aromatic rings. The number of hydrogen-bond acceptors (Lipinski definition) is 3. The number of hydrazone groups is 1. The molecular formula is C19H23N4+. The average molecular weight is 307 g/mol. The van der Waals surface area contributed by atoms with Gasteiger partial charge >= 0.3 is 0 Å². The molecule has 4 heteroatoms. The molecular weight excluding hydrogens is 284 g/mol. The van der Waals surface area contributed by atoms with E-state index in [4.69, 9.17) is 5.26 Å². The third-order valence-corrected chi connectivity index (χ3v) is 3.50. The van der Waals surface area contributed by atoms with Crippen LogP contribution in [-0.2, 0) is 0 Å². The van der Waals surface area contributed by atoms with Crippen LogP contribution in [0.3, 0.4) is 0 Å². The van der Waals surface area contributed by atoms with Crippen molar-refractivity contribution in [2.45, 2.75) is 6.42 Å². The highest BCUT2D eigenvalue weighted by molar-refractivity contribution is 5.81. The van der Waals surface area contributed by atoms with E-state index in [1.807, 2.05) is 41.6 Å². The maximum absolute atomic E-state index is 8.82. The van der Waals surface area contributed by atoms with Crippen molar-refractivity contribution < 1.29 is 0 Å². The van der Waals surface area contributed by atoms with Crippen molar-refractivity contribution in [2.75, 3.05) is 32.7 Å². The summed E-state index contributed by atoms with van der Waals surface area (Å²) in [6.45, 7) is 0.577. The molecule has 4 nitrogen and oxygen atoms in total. The van der Waals surface area contributed by atoms with Crippen molar-refractivity contribution in [3.63, 3.8) is 0 Å². The van der Waals surface area contributed by atoms with Gasteiger partial charge in [0.05, 0.1) is 52.1 Å². The smallest absolute Gasteiger partial charge is 0.132 e. The van der Waals surface area contributed by atoms with Crippen LogP contribution in [0, 0.1) is 11.3 Å². The van der Waals surface area contributed by atoms with Crippen LogP contribution in [0.5, 0.6) is 0 Å². The van der Waals surface area contributed by atoms with Crippen LogP contribution in [0.25, 0.3) is 0 Å². The van der Waals surface area contributed by atoms with Crippen molar-refractivity contribution >= 4 is 17.6 Å². The summed E-state index contributed by atoms with van der Waals surface area (Å²) >= 11 is 0. The number of para-hydroxylation sites is 1. The van der Waals surface area contributed by atoms with E-state index >= 15 is 0 Å². The number of nitrogens with zero attached hydrogens (tertiary/aromatic N) is 4. The topological polar surface area (TPSA) is 39.4 Å². The van der Waals surface area contributed by atoms with E-state index in [0.717, 1.165) is 15.7 Å². The standard InChI is InChI=1S/C19H23N4/c1-23(2,3)19-12-10-17(11-13-19)16-21-22(15-7-14-20)18-8-5-4-6-9-18/h4-6,8-13,16H,7,15H2,1-3H3/q+1/b21-16-. The molecule has 0 saturated heterocycles. The lowest BCUT2D eigenvalue weighted by atomic mass is 10.2. The van der Waals surface area contributed by atoms with Gasteiger partial charge in [-0.3, -0.25) is 9.49 Å². The zero-order valence-corrected chi connectivity index (χ0v) is 14.0. The summed E-state index contributed by atoms with van der Waals surface area (Å²) in [5.41, 5.74) is 3.27. The Morgan fingerprint density at radius 2 is 1.70 bits per heavy atom. The Morgan fingerprint density at radius 1 is 1.04 bits per heavy atom. The highest BCUT2D eigenvalue weighted by atomic mass is 15.4. The van der Waals surface area contributed by atoms with Crippen molar-refractivity contribution in [1.29, 1.82) is 5.26 Å². The van der Waals surface area contributed by atoms with Gasteiger partial charge in [0.2, 0.25) is 0 Å². The summed E-state index contributed by atoms with van der Waals surface area (Å²) in [7, 11) is 6.42. The second-order valence-corrected chi connectivity index (χ2v) is 6.22. The SMILES string of the molecule is C[N+](C)(C)c1ccc(/C=N\N(CCC#N)c2ccccc2)cc1. The first kappa shape index (κ1) is 16.7. The van der Waals surface area contributed by atoms with Crippen LogP contribution < -0.4 is 9.49 Å². The van der Waals surface area contributed by atoms with Crippen LogP contribution in [0.4, 0.5) is 11.4 Å². The van der Waals surface area contributed by atoms with Gasteiger partial charge in [-0.05, 0) is 42.0 Å². The van der Waals surface area contributed by atoms with Crippen LogP contribution in [0.15, 0.2) is 59.7 Å². The Kier molecular flexibility index (Phi) is 5.51. The lowest BCUT2D eigenvalue weighted by Gasteiger charge is -2.23. The molecule has 0 fully saturated rings. The molecule has 2 aromatic carbocycles. The summed E-state index contributed by atoms with van der Waals surface area (Å²) in [5.74, 6) is 0. The van der Waals surface area contributed by atoms with Crippen molar-refractivity contribution in [2.24, 2.45) is 5.10 Å². The molecule has 0 saturated carbocycles. The molecule has 0 aliphatic heterocycles. The van der Waals surface area contributed by atoms with Crippen LogP contribution in [0.2, 0.25) is 0 Å². The second-order valence-electron chi connectivity index (χ2n) is 6.22. The van der Waals surface area contributed by atoms with Crippen LogP contribution >= 0.6 is 0 Å². The first-order valence-electron chi connectivity index (χ1n) is 7.66. The maximum atomic E-state index is 8.82. The molecule has 0 unspecified atom stereocenters. The fourth-order valence-electron chi connectivity index (χ4n) is 2.15. The third kappa shape index (κ3) is 4.94. The van der Waals surface area contributed by atoms with E-state index < -0.39 is 0 Å². The van der Waals surface area contributed by atoms with Gasteiger partial charge in [-0.1, -0.05) is 18.2 Å². The summed E-state index contributed by atoms with van der Waals surface area (Å²) in [4.78, 5) is 0. The van der Waals surface area contributed by atoms with E-state index in [2.05, 4.69) is 56.6 Å². The monoisotopic (exact) mass is 307 g/mol. The number of nitriles is 1. The first-order chi connectivity index (χ1) is 11.0. The molecule has 0 aromatic heterocycles. The molecule has 0 heterocycles. The van der Waals surface area contributed by atoms with E-state index in [1.165, 1.54) is 5.69 Å². The van der Waals surface area contributed by atoms with Gasteiger partial charge in [-0.25, -0.2) is 0 Å². The van der Waals surface area contributed by atoms with E-state index in [1.54, 1.807) is 0 Å². The van der Waals surface area contributed by atoms with Gasteiger partial charge in [0.1, 0.15) is 5.69 Å². The minimum Gasteiger partial charge on any atom is -0.298 e. The van der Waals surface area contributed by atoms with Crippen LogP contribution in [-0.4, -0.2) is 33.9 Å². The van der Waals surface area contributed by atoms with Gasteiger partial charge < -0.3 is 0 Å². The quantitative estimate of drug-likeness (QED) is 0.464. The molecule has 0 aliphatic rings. The van der Waals surface area contributed by atoms with Gasteiger partial charge in [-0.2, -0.15) is 10.4 Å². The Labute approximate surface area is 138 Å². The van der Waals surface area contributed by atoms with E-state index in [9.17, 15) is 0 Å². The second kappa shape index (κ2) is 7.57. The molecule has 0 aliphatic carbocycles. The Bertz CT molecular complexity index is 676. The Balaban J connectivity index is 2.16. The number of anilines is 1. The van der Waals surface area contributed by atoms with Crippen molar-refractivity contribution in [3.8, 4) is 6.07 Å². The lowest BCUT2D eigenvalue weighted by molar-refractivity contribution is 0.486. The van der Waals surface area contributed by atoms with Gasteiger partial charge in [-0.15, -0.1) is 0 Å². The van der Waals surface area contributed by atoms with Gasteiger partial charge in [0.15, 0.2) is 0 Å². The fourth-order valence-corrected chi connectivity index (χ4v) is 2.15. The highest BCUT2D eigenvalue weighted by Gasteiger charge is 2.10. The largest absolute Gasteiger partial charge is 0.298 e. The lowest BCUT2D eigenvalue weighted by Crippen LogP contribution is -2.34. The third-order valence-electron chi connectivity index (χ3n) is 3.50. The maximum Gasteiger partial charge on any atom is 0.132 e.